The minimum absolute atomic E-state index is 0.00361. The first-order valence-electron chi connectivity index (χ1n) is 10.8. The third-order valence-corrected chi connectivity index (χ3v) is 6.53. The summed E-state index contributed by atoms with van der Waals surface area (Å²) in [4.78, 5) is 0. The largest absolute Gasteiger partial charge is 0.206 e. The van der Waals surface area contributed by atoms with Crippen molar-refractivity contribution in [3.8, 4) is 11.1 Å². The van der Waals surface area contributed by atoms with Gasteiger partial charge in [-0.15, -0.1) is 0 Å². The van der Waals surface area contributed by atoms with Crippen LogP contribution in [0.15, 0.2) is 30.3 Å². The Kier molecular flexibility index (Phi) is 7.37. The fourth-order valence-corrected chi connectivity index (χ4v) is 4.75. The summed E-state index contributed by atoms with van der Waals surface area (Å²) in [6, 6.07) is 5.58. The lowest BCUT2D eigenvalue weighted by molar-refractivity contribution is 0.204. The van der Waals surface area contributed by atoms with Crippen LogP contribution in [0.1, 0.15) is 64.4 Å². The number of hydrogen-bond acceptors (Lipinski definition) is 0. The normalized spacial score (nSPS) is 20.6. The van der Waals surface area contributed by atoms with Gasteiger partial charge in [0.2, 0.25) is 0 Å². The number of rotatable bonds is 7. The lowest BCUT2D eigenvalue weighted by atomic mass is 9.73. The predicted octanol–water partition coefficient (Wildman–Crippen LogP) is 8.09. The standard InChI is InChI=1S/C25H30F4/c1-3-4-5-17-6-8-19(9-7-17)16(2)12-18-13-23(28)25(24(29)14-18)20-10-11-21(26)22(27)15-20/h10-11,13-17,19H,3-9,12H2,1-2H3. The molecular formula is C25H30F4. The van der Waals surface area contributed by atoms with Crippen LogP contribution in [0, 0.1) is 41.0 Å². The van der Waals surface area contributed by atoms with E-state index in [1.165, 1.54) is 63.1 Å². The molecule has 0 bridgehead atoms. The fraction of sp³-hybridized carbons (Fsp3) is 0.520. The van der Waals surface area contributed by atoms with E-state index in [0.717, 1.165) is 18.1 Å². The molecule has 2 aromatic carbocycles. The van der Waals surface area contributed by atoms with Crippen molar-refractivity contribution in [1.29, 1.82) is 0 Å². The minimum atomic E-state index is -1.12. The van der Waals surface area contributed by atoms with E-state index in [1.807, 2.05) is 0 Å². The van der Waals surface area contributed by atoms with E-state index >= 15 is 0 Å². The molecule has 0 spiro atoms. The first kappa shape index (κ1) is 21.9. The van der Waals surface area contributed by atoms with Gasteiger partial charge in [0.05, 0.1) is 5.56 Å². The van der Waals surface area contributed by atoms with Crippen LogP contribution in [0.4, 0.5) is 17.6 Å². The van der Waals surface area contributed by atoms with E-state index < -0.39 is 23.3 Å². The minimum Gasteiger partial charge on any atom is -0.206 e. The molecule has 1 aliphatic rings. The molecule has 29 heavy (non-hydrogen) atoms. The molecule has 0 heterocycles. The number of hydrogen-bond donors (Lipinski definition) is 0. The molecule has 1 atom stereocenters. The molecule has 4 heteroatoms. The highest BCUT2D eigenvalue weighted by atomic mass is 19.2. The Morgan fingerprint density at radius 1 is 0.862 bits per heavy atom. The number of halogens is 4. The van der Waals surface area contributed by atoms with Crippen molar-refractivity contribution in [1.82, 2.24) is 0 Å². The van der Waals surface area contributed by atoms with Crippen LogP contribution in [0.5, 0.6) is 0 Å². The maximum atomic E-state index is 14.6. The van der Waals surface area contributed by atoms with Crippen LogP contribution >= 0.6 is 0 Å². The Hall–Kier alpha value is -1.84. The van der Waals surface area contributed by atoms with Gasteiger partial charge in [0.25, 0.3) is 0 Å². The average Bonchev–Trinajstić information content (AvgIpc) is 2.69. The van der Waals surface area contributed by atoms with Crippen LogP contribution in [0.3, 0.4) is 0 Å². The van der Waals surface area contributed by atoms with Crippen molar-refractivity contribution >= 4 is 0 Å². The van der Waals surface area contributed by atoms with E-state index in [1.54, 1.807) is 0 Å². The summed E-state index contributed by atoms with van der Waals surface area (Å²) in [5, 5.41) is 0. The zero-order chi connectivity index (χ0) is 21.0. The van der Waals surface area contributed by atoms with Gasteiger partial charge < -0.3 is 0 Å². The van der Waals surface area contributed by atoms with Gasteiger partial charge in [0, 0.05) is 0 Å². The van der Waals surface area contributed by atoms with Crippen LogP contribution in [0.25, 0.3) is 11.1 Å². The Morgan fingerprint density at radius 2 is 1.52 bits per heavy atom. The SMILES string of the molecule is CCCCC1CCC(C(C)Cc2cc(F)c(-c3ccc(F)c(F)c3)c(F)c2)CC1. The summed E-state index contributed by atoms with van der Waals surface area (Å²) >= 11 is 0. The van der Waals surface area contributed by atoms with Crippen molar-refractivity contribution in [2.24, 2.45) is 17.8 Å². The van der Waals surface area contributed by atoms with Crippen molar-refractivity contribution in [2.45, 2.75) is 65.2 Å². The second-order valence-electron chi connectivity index (χ2n) is 8.67. The Labute approximate surface area is 171 Å². The topological polar surface area (TPSA) is 0 Å². The van der Waals surface area contributed by atoms with Crippen molar-refractivity contribution in [3.05, 3.63) is 59.2 Å². The molecule has 1 fully saturated rings. The molecule has 3 rings (SSSR count). The molecule has 1 saturated carbocycles. The highest BCUT2D eigenvalue weighted by Crippen LogP contribution is 2.37. The predicted molar refractivity (Wildman–Crippen MR) is 110 cm³/mol. The Morgan fingerprint density at radius 3 is 2.10 bits per heavy atom. The van der Waals surface area contributed by atoms with Gasteiger partial charge in [0.15, 0.2) is 11.6 Å². The average molecular weight is 407 g/mol. The van der Waals surface area contributed by atoms with Gasteiger partial charge in [-0.2, -0.15) is 0 Å². The van der Waals surface area contributed by atoms with Gasteiger partial charge in [-0.05, 0) is 72.4 Å². The summed E-state index contributed by atoms with van der Waals surface area (Å²) < 4.78 is 55.9. The molecular weight excluding hydrogens is 376 g/mol. The summed E-state index contributed by atoms with van der Waals surface area (Å²) in [6.45, 7) is 4.39. The maximum Gasteiger partial charge on any atom is 0.159 e. The van der Waals surface area contributed by atoms with Gasteiger partial charge in [0.1, 0.15) is 11.6 Å². The van der Waals surface area contributed by atoms with Gasteiger partial charge in [-0.3, -0.25) is 0 Å². The molecule has 158 valence electrons. The van der Waals surface area contributed by atoms with Crippen LogP contribution in [-0.2, 0) is 6.42 Å². The van der Waals surface area contributed by atoms with Gasteiger partial charge >= 0.3 is 0 Å². The Balaban J connectivity index is 1.67. The smallest absolute Gasteiger partial charge is 0.159 e. The molecule has 0 nitrogen and oxygen atoms in total. The molecule has 0 N–H and O–H groups in total. The molecule has 1 aliphatic carbocycles. The molecule has 0 aliphatic heterocycles. The van der Waals surface area contributed by atoms with Crippen LogP contribution in [0.2, 0.25) is 0 Å². The second kappa shape index (κ2) is 9.77. The first-order valence-corrected chi connectivity index (χ1v) is 10.8. The Bertz CT molecular complexity index is 799. The summed E-state index contributed by atoms with van der Waals surface area (Å²) in [6.07, 6.45) is 9.37. The van der Waals surface area contributed by atoms with Gasteiger partial charge in [-0.1, -0.05) is 52.0 Å². The number of unbranched alkanes of at least 4 members (excludes halogenated alkanes) is 1. The second-order valence-corrected chi connectivity index (χ2v) is 8.67. The van der Waals surface area contributed by atoms with Crippen molar-refractivity contribution in [3.63, 3.8) is 0 Å². The van der Waals surface area contributed by atoms with E-state index in [-0.39, 0.29) is 11.1 Å². The van der Waals surface area contributed by atoms with Crippen molar-refractivity contribution in [2.75, 3.05) is 0 Å². The first-order chi connectivity index (χ1) is 13.9. The summed E-state index contributed by atoms with van der Waals surface area (Å²) in [5.41, 5.74) is 0.313. The fourth-order valence-electron chi connectivity index (χ4n) is 4.75. The van der Waals surface area contributed by atoms with E-state index in [0.29, 0.717) is 23.8 Å². The zero-order valence-electron chi connectivity index (χ0n) is 17.3. The summed E-state index contributed by atoms with van der Waals surface area (Å²) in [7, 11) is 0. The third kappa shape index (κ3) is 5.40. The van der Waals surface area contributed by atoms with E-state index in [2.05, 4.69) is 13.8 Å². The third-order valence-electron chi connectivity index (χ3n) is 6.53. The highest BCUT2D eigenvalue weighted by molar-refractivity contribution is 5.65. The highest BCUT2D eigenvalue weighted by Gasteiger charge is 2.25. The lowest BCUT2D eigenvalue weighted by Crippen LogP contribution is -2.21. The van der Waals surface area contributed by atoms with Crippen LogP contribution in [-0.4, -0.2) is 0 Å². The van der Waals surface area contributed by atoms with E-state index in [4.69, 9.17) is 0 Å². The molecule has 0 saturated heterocycles. The van der Waals surface area contributed by atoms with Crippen LogP contribution < -0.4 is 0 Å². The molecule has 0 amide bonds. The quantitative estimate of drug-likeness (QED) is 0.408. The molecule has 0 radical (unpaired) electrons. The van der Waals surface area contributed by atoms with Gasteiger partial charge in [-0.25, -0.2) is 17.6 Å². The van der Waals surface area contributed by atoms with E-state index in [9.17, 15) is 17.6 Å². The molecule has 0 aromatic heterocycles. The maximum absolute atomic E-state index is 14.6. The molecule has 2 aromatic rings. The summed E-state index contributed by atoms with van der Waals surface area (Å²) in [5.74, 6) is -1.84. The van der Waals surface area contributed by atoms with Crippen molar-refractivity contribution < 1.29 is 17.6 Å². The monoisotopic (exact) mass is 406 g/mol. The molecule has 1 unspecified atom stereocenters. The lowest BCUT2D eigenvalue weighted by Gasteiger charge is -2.32. The number of benzene rings is 2. The zero-order valence-corrected chi connectivity index (χ0v) is 17.3.